The number of likely N-dealkylation sites (N-methyl/N-ethyl adjacent to an activating group) is 1. The number of ketones is 1. The Kier molecular flexibility index (Phi) is 3.30. The van der Waals surface area contributed by atoms with Crippen LogP contribution >= 0.6 is 0 Å². The Morgan fingerprint density at radius 1 is 1.40 bits per heavy atom. The second kappa shape index (κ2) is 4.98. The lowest BCUT2D eigenvalue weighted by molar-refractivity contribution is 0.101. The van der Waals surface area contributed by atoms with Gasteiger partial charge >= 0.3 is 0 Å². The molecule has 20 heavy (non-hydrogen) atoms. The van der Waals surface area contributed by atoms with Gasteiger partial charge in [0, 0.05) is 36.2 Å². The summed E-state index contributed by atoms with van der Waals surface area (Å²) in [7, 11) is 0. The van der Waals surface area contributed by atoms with Gasteiger partial charge in [-0.2, -0.15) is 0 Å². The standard InChI is InChI=1S/C17H20N2O/c1-4-19-8-7-16-14(10-19)17(12(3)20)13-9-11(2)5-6-15(13)18-16/h5-6,9H,4,7-8,10H2,1-3H3. The molecule has 3 rings (SSSR count). The molecule has 0 bridgehead atoms. The molecule has 0 atom stereocenters. The third-order valence-corrected chi connectivity index (χ3v) is 4.17. The molecule has 104 valence electrons. The van der Waals surface area contributed by atoms with Gasteiger partial charge < -0.3 is 0 Å². The van der Waals surface area contributed by atoms with Crippen LogP contribution in [0.3, 0.4) is 0 Å². The van der Waals surface area contributed by atoms with Crippen LogP contribution in [-0.4, -0.2) is 28.8 Å². The largest absolute Gasteiger partial charge is 0.299 e. The van der Waals surface area contributed by atoms with E-state index in [0.29, 0.717) is 0 Å². The van der Waals surface area contributed by atoms with E-state index in [4.69, 9.17) is 4.98 Å². The number of aryl methyl sites for hydroxylation is 1. The zero-order valence-electron chi connectivity index (χ0n) is 12.4. The number of nitrogens with zero attached hydrogens (tertiary/aromatic N) is 2. The predicted octanol–water partition coefficient (Wildman–Crippen LogP) is 3.12. The van der Waals surface area contributed by atoms with Crippen molar-refractivity contribution in [3.8, 4) is 0 Å². The summed E-state index contributed by atoms with van der Waals surface area (Å²) in [5, 5.41) is 1.01. The average molecular weight is 268 g/mol. The maximum Gasteiger partial charge on any atom is 0.160 e. The van der Waals surface area contributed by atoms with Crippen LogP contribution in [0.25, 0.3) is 10.9 Å². The molecule has 1 aromatic heterocycles. The fourth-order valence-corrected chi connectivity index (χ4v) is 3.08. The van der Waals surface area contributed by atoms with Crippen molar-refractivity contribution in [3.05, 3.63) is 40.6 Å². The Morgan fingerprint density at radius 2 is 2.20 bits per heavy atom. The van der Waals surface area contributed by atoms with E-state index >= 15 is 0 Å². The molecule has 1 aromatic carbocycles. The highest BCUT2D eigenvalue weighted by molar-refractivity contribution is 6.07. The van der Waals surface area contributed by atoms with Crippen LogP contribution in [0.2, 0.25) is 0 Å². The molecule has 2 heterocycles. The molecule has 0 radical (unpaired) electrons. The van der Waals surface area contributed by atoms with E-state index in [1.165, 1.54) is 5.56 Å². The van der Waals surface area contributed by atoms with Gasteiger partial charge in [0.15, 0.2) is 5.78 Å². The first-order chi connectivity index (χ1) is 9.60. The Labute approximate surface area is 119 Å². The number of fused-ring (bicyclic) bond motifs is 2. The normalized spacial score (nSPS) is 15.3. The van der Waals surface area contributed by atoms with Crippen LogP contribution in [0.1, 0.15) is 41.0 Å². The van der Waals surface area contributed by atoms with Crippen LogP contribution in [-0.2, 0) is 13.0 Å². The molecule has 0 unspecified atom stereocenters. The van der Waals surface area contributed by atoms with Crippen LogP contribution < -0.4 is 0 Å². The SMILES string of the molecule is CCN1CCc2nc3ccc(C)cc3c(C(C)=O)c2C1. The smallest absolute Gasteiger partial charge is 0.160 e. The zero-order chi connectivity index (χ0) is 14.3. The van der Waals surface area contributed by atoms with E-state index in [1.807, 2.05) is 6.07 Å². The highest BCUT2D eigenvalue weighted by atomic mass is 16.1. The summed E-state index contributed by atoms with van der Waals surface area (Å²) in [4.78, 5) is 19.4. The summed E-state index contributed by atoms with van der Waals surface area (Å²) < 4.78 is 0. The topological polar surface area (TPSA) is 33.2 Å². The molecule has 3 nitrogen and oxygen atoms in total. The van der Waals surface area contributed by atoms with Gasteiger partial charge in [-0.15, -0.1) is 0 Å². The van der Waals surface area contributed by atoms with Gasteiger partial charge in [0.25, 0.3) is 0 Å². The first-order valence-corrected chi connectivity index (χ1v) is 7.25. The third kappa shape index (κ3) is 2.12. The Balaban J connectivity index is 2.30. The predicted molar refractivity (Wildman–Crippen MR) is 81.1 cm³/mol. The Hall–Kier alpha value is -1.74. The highest BCUT2D eigenvalue weighted by Crippen LogP contribution is 2.29. The number of carbonyl (C=O) groups excluding carboxylic acids is 1. The molecule has 0 saturated heterocycles. The summed E-state index contributed by atoms with van der Waals surface area (Å²) in [6.07, 6.45) is 0.938. The molecule has 2 aromatic rings. The molecule has 0 saturated carbocycles. The quantitative estimate of drug-likeness (QED) is 0.785. The van der Waals surface area contributed by atoms with Crippen molar-refractivity contribution in [3.63, 3.8) is 0 Å². The van der Waals surface area contributed by atoms with Gasteiger partial charge in [-0.1, -0.05) is 18.6 Å². The van der Waals surface area contributed by atoms with E-state index in [2.05, 4.69) is 30.9 Å². The Morgan fingerprint density at radius 3 is 2.90 bits per heavy atom. The molecule has 3 heteroatoms. The molecule has 0 aliphatic carbocycles. The number of rotatable bonds is 2. The molecule has 1 aliphatic heterocycles. The summed E-state index contributed by atoms with van der Waals surface area (Å²) >= 11 is 0. The lowest BCUT2D eigenvalue weighted by atomic mass is 9.93. The highest BCUT2D eigenvalue weighted by Gasteiger charge is 2.23. The lowest BCUT2D eigenvalue weighted by Gasteiger charge is -2.28. The first-order valence-electron chi connectivity index (χ1n) is 7.25. The molecule has 0 N–H and O–H groups in total. The molecular weight excluding hydrogens is 248 g/mol. The van der Waals surface area contributed by atoms with Crippen molar-refractivity contribution in [2.24, 2.45) is 0 Å². The second-order valence-electron chi connectivity index (χ2n) is 5.61. The van der Waals surface area contributed by atoms with Crippen LogP contribution in [0.4, 0.5) is 0 Å². The van der Waals surface area contributed by atoms with Gasteiger partial charge in [-0.25, -0.2) is 0 Å². The minimum Gasteiger partial charge on any atom is -0.299 e. The lowest BCUT2D eigenvalue weighted by Crippen LogP contribution is -2.32. The van der Waals surface area contributed by atoms with E-state index in [0.717, 1.165) is 53.8 Å². The molecular formula is C17H20N2O. The van der Waals surface area contributed by atoms with Gasteiger partial charge in [-0.3, -0.25) is 14.7 Å². The van der Waals surface area contributed by atoms with Gasteiger partial charge in [0.05, 0.1) is 5.52 Å². The second-order valence-corrected chi connectivity index (χ2v) is 5.61. The van der Waals surface area contributed by atoms with Crippen molar-refractivity contribution in [1.29, 1.82) is 0 Å². The number of hydrogen-bond donors (Lipinski definition) is 0. The number of hydrogen-bond acceptors (Lipinski definition) is 3. The van der Waals surface area contributed by atoms with Crippen molar-refractivity contribution in [2.75, 3.05) is 13.1 Å². The zero-order valence-corrected chi connectivity index (χ0v) is 12.4. The monoisotopic (exact) mass is 268 g/mol. The van der Waals surface area contributed by atoms with E-state index in [-0.39, 0.29) is 5.78 Å². The Bertz CT molecular complexity index is 691. The minimum atomic E-state index is 0.150. The van der Waals surface area contributed by atoms with Gasteiger partial charge in [0.2, 0.25) is 0 Å². The minimum absolute atomic E-state index is 0.150. The number of aromatic nitrogens is 1. The number of Topliss-reactive ketones (excluding diaryl/α,β-unsaturated/α-hetero) is 1. The maximum atomic E-state index is 12.2. The van der Waals surface area contributed by atoms with Crippen molar-refractivity contribution in [1.82, 2.24) is 9.88 Å². The molecule has 0 fully saturated rings. The van der Waals surface area contributed by atoms with Crippen molar-refractivity contribution >= 4 is 16.7 Å². The number of benzene rings is 1. The summed E-state index contributed by atoms with van der Waals surface area (Å²) in [5.74, 6) is 0.150. The van der Waals surface area contributed by atoms with E-state index in [1.54, 1.807) is 6.92 Å². The molecule has 1 aliphatic rings. The van der Waals surface area contributed by atoms with Crippen molar-refractivity contribution in [2.45, 2.75) is 33.7 Å². The van der Waals surface area contributed by atoms with Gasteiger partial charge in [0.1, 0.15) is 0 Å². The summed E-state index contributed by atoms with van der Waals surface area (Å²) in [6.45, 7) is 8.78. The van der Waals surface area contributed by atoms with E-state index < -0.39 is 0 Å². The fraction of sp³-hybridized carbons (Fsp3) is 0.412. The van der Waals surface area contributed by atoms with Crippen LogP contribution in [0.15, 0.2) is 18.2 Å². The average Bonchev–Trinajstić information content (AvgIpc) is 2.43. The van der Waals surface area contributed by atoms with E-state index in [9.17, 15) is 4.79 Å². The fourth-order valence-electron chi connectivity index (χ4n) is 3.08. The number of carbonyl (C=O) groups is 1. The van der Waals surface area contributed by atoms with Crippen LogP contribution in [0.5, 0.6) is 0 Å². The first kappa shape index (κ1) is 13.3. The summed E-state index contributed by atoms with van der Waals surface area (Å²) in [5.41, 5.74) is 5.25. The van der Waals surface area contributed by atoms with Gasteiger partial charge in [-0.05, 0) is 38.1 Å². The maximum absolute atomic E-state index is 12.2. The third-order valence-electron chi connectivity index (χ3n) is 4.17. The van der Waals surface area contributed by atoms with Crippen LogP contribution in [0, 0.1) is 6.92 Å². The van der Waals surface area contributed by atoms with Crippen molar-refractivity contribution < 1.29 is 4.79 Å². The molecule has 0 spiro atoms. The summed E-state index contributed by atoms with van der Waals surface area (Å²) in [6, 6.07) is 6.18. The molecule has 0 amide bonds. The number of pyridine rings is 1.